The van der Waals surface area contributed by atoms with Crippen LogP contribution in [-0.2, 0) is 16.1 Å². The van der Waals surface area contributed by atoms with E-state index in [2.05, 4.69) is 10.2 Å². The molecule has 0 unspecified atom stereocenters. The van der Waals surface area contributed by atoms with Crippen LogP contribution in [0.25, 0.3) is 0 Å². The Hall–Kier alpha value is -1.59. The summed E-state index contributed by atoms with van der Waals surface area (Å²) in [6.07, 6.45) is 1.49. The van der Waals surface area contributed by atoms with Gasteiger partial charge in [0.15, 0.2) is 0 Å². The lowest BCUT2D eigenvalue weighted by atomic mass is 10.2. The van der Waals surface area contributed by atoms with Gasteiger partial charge in [-0.1, -0.05) is 30.3 Å². The van der Waals surface area contributed by atoms with Gasteiger partial charge in [-0.05, 0) is 32.5 Å². The maximum absolute atomic E-state index is 11.9. The number of rotatable bonds is 5. The molecule has 5 nitrogen and oxygen atoms in total. The monoisotopic (exact) mass is 292 g/mol. The highest BCUT2D eigenvalue weighted by Crippen LogP contribution is 2.25. The largest absolute Gasteiger partial charge is 0.445 e. The van der Waals surface area contributed by atoms with Gasteiger partial charge in [-0.2, -0.15) is 0 Å². The normalized spacial score (nSPS) is 25.0. The van der Waals surface area contributed by atoms with Gasteiger partial charge in [-0.15, -0.1) is 0 Å². The van der Waals surface area contributed by atoms with E-state index in [9.17, 15) is 4.79 Å². The Labute approximate surface area is 126 Å². The number of hydrogen-bond acceptors (Lipinski definition) is 4. The maximum Gasteiger partial charge on any atom is 0.407 e. The van der Waals surface area contributed by atoms with Gasteiger partial charge in [0, 0.05) is 19.2 Å². The Morgan fingerprint density at radius 2 is 2.00 bits per heavy atom. The van der Waals surface area contributed by atoms with Crippen LogP contribution in [0.5, 0.6) is 0 Å². The molecule has 2 rings (SSSR count). The second kappa shape index (κ2) is 7.43. The molecule has 1 saturated carbocycles. The van der Waals surface area contributed by atoms with Crippen molar-refractivity contribution in [3.05, 3.63) is 35.9 Å². The lowest BCUT2D eigenvalue weighted by Gasteiger charge is -2.24. The van der Waals surface area contributed by atoms with Gasteiger partial charge >= 0.3 is 6.09 Å². The highest BCUT2D eigenvalue weighted by Gasteiger charge is 2.36. The molecule has 3 atom stereocenters. The molecule has 1 N–H and O–H groups in total. The van der Waals surface area contributed by atoms with Crippen molar-refractivity contribution in [1.29, 1.82) is 0 Å². The first-order chi connectivity index (χ1) is 10.1. The van der Waals surface area contributed by atoms with Gasteiger partial charge in [0.2, 0.25) is 0 Å². The van der Waals surface area contributed by atoms with Crippen LogP contribution in [0, 0.1) is 0 Å². The van der Waals surface area contributed by atoms with E-state index >= 15 is 0 Å². The standard InChI is InChI=1S/C16H24N2O3/c1-18(2)14-9-13(10-15(14)20-3)17-16(19)21-11-12-7-5-4-6-8-12/h4-8,13-15H,9-11H2,1-3H3,(H,17,19)/t13-,14+,15-/m1/s1. The number of ether oxygens (including phenoxy) is 2. The van der Waals surface area contributed by atoms with Crippen LogP contribution in [0.3, 0.4) is 0 Å². The number of carbonyl (C=O) groups is 1. The predicted octanol–water partition coefficient (Wildman–Crippen LogP) is 2.02. The van der Waals surface area contributed by atoms with Crippen LogP contribution < -0.4 is 5.32 Å². The van der Waals surface area contributed by atoms with E-state index in [0.717, 1.165) is 18.4 Å². The Kier molecular flexibility index (Phi) is 5.59. The molecule has 21 heavy (non-hydrogen) atoms. The summed E-state index contributed by atoms with van der Waals surface area (Å²) < 4.78 is 10.7. The van der Waals surface area contributed by atoms with Gasteiger partial charge in [-0.3, -0.25) is 0 Å². The Morgan fingerprint density at radius 1 is 1.29 bits per heavy atom. The first kappa shape index (κ1) is 15.8. The minimum absolute atomic E-state index is 0.102. The van der Waals surface area contributed by atoms with E-state index < -0.39 is 0 Å². The SMILES string of the molecule is CO[C@@H]1C[C@H](NC(=O)OCc2ccccc2)C[C@@H]1N(C)C. The molecule has 0 bridgehead atoms. The van der Waals surface area contributed by atoms with Crippen LogP contribution in [-0.4, -0.2) is 50.4 Å². The molecule has 1 aromatic rings. The van der Waals surface area contributed by atoms with Crippen molar-refractivity contribution in [3.63, 3.8) is 0 Å². The van der Waals surface area contributed by atoms with Gasteiger partial charge in [0.05, 0.1) is 6.10 Å². The highest BCUT2D eigenvalue weighted by molar-refractivity contribution is 5.67. The minimum atomic E-state index is -0.363. The summed E-state index contributed by atoms with van der Waals surface area (Å²) in [5, 5.41) is 2.93. The molecule has 0 aromatic heterocycles. The van der Waals surface area contributed by atoms with Crippen LogP contribution >= 0.6 is 0 Å². The number of amides is 1. The van der Waals surface area contributed by atoms with Crippen molar-refractivity contribution < 1.29 is 14.3 Å². The van der Waals surface area contributed by atoms with Gasteiger partial charge in [0.1, 0.15) is 6.61 Å². The molecule has 5 heteroatoms. The molecule has 1 fully saturated rings. The fraction of sp³-hybridized carbons (Fsp3) is 0.562. The second-order valence-corrected chi connectivity index (χ2v) is 5.68. The molecule has 1 aromatic carbocycles. The van der Waals surface area contributed by atoms with Crippen LogP contribution in [0.4, 0.5) is 4.79 Å². The van der Waals surface area contributed by atoms with Gasteiger partial charge in [-0.25, -0.2) is 4.79 Å². The lowest BCUT2D eigenvalue weighted by Crippen LogP contribution is -2.36. The molecule has 0 aliphatic heterocycles. The molecule has 0 radical (unpaired) electrons. The summed E-state index contributed by atoms with van der Waals surface area (Å²) in [7, 11) is 5.79. The number of carbonyl (C=O) groups excluding carboxylic acids is 1. The van der Waals surface area contributed by atoms with Crippen molar-refractivity contribution >= 4 is 6.09 Å². The number of nitrogens with zero attached hydrogens (tertiary/aromatic N) is 1. The van der Waals surface area contributed by atoms with Crippen LogP contribution in [0.1, 0.15) is 18.4 Å². The van der Waals surface area contributed by atoms with E-state index in [0.29, 0.717) is 12.6 Å². The van der Waals surface area contributed by atoms with Gasteiger partial charge in [0.25, 0.3) is 0 Å². The molecule has 1 aliphatic carbocycles. The second-order valence-electron chi connectivity index (χ2n) is 5.68. The molecule has 1 aliphatic rings. The van der Waals surface area contributed by atoms with Crippen LogP contribution in [0.15, 0.2) is 30.3 Å². The van der Waals surface area contributed by atoms with Crippen LogP contribution in [0.2, 0.25) is 0 Å². The number of alkyl carbamates (subject to hydrolysis) is 1. The molecular weight excluding hydrogens is 268 g/mol. The number of hydrogen-bond donors (Lipinski definition) is 1. The van der Waals surface area contributed by atoms with Crippen molar-refractivity contribution in [1.82, 2.24) is 10.2 Å². The quantitative estimate of drug-likeness (QED) is 0.902. The summed E-state index contributed by atoms with van der Waals surface area (Å²) in [5.74, 6) is 0. The number of benzene rings is 1. The van der Waals surface area contributed by atoms with E-state index in [4.69, 9.17) is 9.47 Å². The molecule has 116 valence electrons. The average molecular weight is 292 g/mol. The maximum atomic E-state index is 11.9. The first-order valence-electron chi connectivity index (χ1n) is 7.26. The Morgan fingerprint density at radius 3 is 2.57 bits per heavy atom. The first-order valence-corrected chi connectivity index (χ1v) is 7.26. The Balaban J connectivity index is 1.78. The summed E-state index contributed by atoms with van der Waals surface area (Å²) in [6.45, 7) is 0.296. The number of nitrogens with one attached hydrogen (secondary N) is 1. The molecule has 0 spiro atoms. The number of likely N-dealkylation sites (N-methyl/N-ethyl adjacent to an activating group) is 1. The number of methoxy groups -OCH3 is 1. The van der Waals surface area contributed by atoms with E-state index in [1.807, 2.05) is 44.4 Å². The lowest BCUT2D eigenvalue weighted by molar-refractivity contribution is 0.0516. The topological polar surface area (TPSA) is 50.8 Å². The molecule has 0 saturated heterocycles. The predicted molar refractivity (Wildman–Crippen MR) is 81.1 cm³/mol. The zero-order valence-electron chi connectivity index (χ0n) is 12.9. The summed E-state index contributed by atoms with van der Waals surface area (Å²) in [6, 6.07) is 10.1. The van der Waals surface area contributed by atoms with Crippen molar-refractivity contribution in [2.75, 3.05) is 21.2 Å². The van der Waals surface area contributed by atoms with Crippen molar-refractivity contribution in [3.8, 4) is 0 Å². The highest BCUT2D eigenvalue weighted by atomic mass is 16.5. The zero-order valence-corrected chi connectivity index (χ0v) is 12.9. The summed E-state index contributed by atoms with van der Waals surface area (Å²) in [4.78, 5) is 14.0. The molecule has 1 amide bonds. The Bertz CT molecular complexity index is 450. The fourth-order valence-electron chi connectivity index (χ4n) is 2.82. The minimum Gasteiger partial charge on any atom is -0.445 e. The van der Waals surface area contributed by atoms with E-state index in [1.54, 1.807) is 7.11 Å². The smallest absolute Gasteiger partial charge is 0.407 e. The molecular formula is C16H24N2O3. The molecule has 0 heterocycles. The van der Waals surface area contributed by atoms with E-state index in [-0.39, 0.29) is 18.2 Å². The van der Waals surface area contributed by atoms with Crippen molar-refractivity contribution in [2.45, 2.75) is 37.6 Å². The summed E-state index contributed by atoms with van der Waals surface area (Å²) in [5.41, 5.74) is 0.986. The average Bonchev–Trinajstić information content (AvgIpc) is 2.89. The third-order valence-corrected chi connectivity index (χ3v) is 3.97. The van der Waals surface area contributed by atoms with E-state index in [1.165, 1.54) is 0 Å². The third kappa shape index (κ3) is 4.44. The third-order valence-electron chi connectivity index (χ3n) is 3.97. The fourth-order valence-corrected chi connectivity index (χ4v) is 2.82. The van der Waals surface area contributed by atoms with Gasteiger partial charge < -0.3 is 19.7 Å². The van der Waals surface area contributed by atoms with Crippen molar-refractivity contribution in [2.24, 2.45) is 0 Å². The summed E-state index contributed by atoms with van der Waals surface area (Å²) >= 11 is 0. The zero-order chi connectivity index (χ0) is 15.2.